The topological polar surface area (TPSA) is 36.3 Å². The van der Waals surface area contributed by atoms with Gasteiger partial charge in [-0.15, -0.1) is 0 Å². The van der Waals surface area contributed by atoms with Gasteiger partial charge < -0.3 is 9.47 Å². The molecule has 0 saturated heterocycles. The molecule has 0 unspecified atom stereocenters. The molecule has 3 rings (SSSR count). The Labute approximate surface area is 154 Å². The fourth-order valence-electron chi connectivity index (χ4n) is 3.25. The summed E-state index contributed by atoms with van der Waals surface area (Å²) in [6, 6.07) is 2.50. The number of halogens is 3. The molecular formula is C18H21BrF2N2O2. The van der Waals surface area contributed by atoms with E-state index in [0.29, 0.717) is 10.9 Å². The number of nitrogens with zero attached hydrogens (tertiary/aromatic N) is 2. The molecule has 7 heteroatoms. The van der Waals surface area contributed by atoms with Gasteiger partial charge >= 0.3 is 0 Å². The molecule has 1 fully saturated rings. The Morgan fingerprint density at radius 1 is 1.32 bits per heavy atom. The first-order chi connectivity index (χ1) is 11.9. The van der Waals surface area contributed by atoms with Crippen molar-refractivity contribution in [3.05, 3.63) is 45.2 Å². The molecular weight excluding hydrogens is 394 g/mol. The van der Waals surface area contributed by atoms with Crippen molar-refractivity contribution in [3.8, 4) is 5.75 Å². The minimum absolute atomic E-state index is 0.104. The van der Waals surface area contributed by atoms with Crippen LogP contribution in [0.4, 0.5) is 8.78 Å². The van der Waals surface area contributed by atoms with Crippen LogP contribution in [0.5, 0.6) is 5.75 Å². The van der Waals surface area contributed by atoms with Crippen molar-refractivity contribution in [1.29, 1.82) is 0 Å². The molecule has 1 saturated carbocycles. The van der Waals surface area contributed by atoms with Gasteiger partial charge in [-0.25, -0.2) is 4.39 Å². The van der Waals surface area contributed by atoms with Crippen molar-refractivity contribution >= 4 is 15.9 Å². The highest BCUT2D eigenvalue weighted by atomic mass is 79.9. The van der Waals surface area contributed by atoms with Crippen molar-refractivity contribution in [2.45, 2.75) is 38.2 Å². The van der Waals surface area contributed by atoms with Gasteiger partial charge in [0.05, 0.1) is 16.8 Å². The summed E-state index contributed by atoms with van der Waals surface area (Å²) < 4.78 is 40.8. The molecule has 1 heterocycles. The zero-order valence-corrected chi connectivity index (χ0v) is 16.1. The van der Waals surface area contributed by atoms with E-state index in [4.69, 9.17) is 9.47 Å². The normalized spacial score (nSPS) is 15.9. The fraction of sp³-hybridized carbons (Fsp3) is 0.500. The second-order valence-corrected chi connectivity index (χ2v) is 7.21. The standard InChI is InChI=1S/C18H21BrF2N2O2/c1-11-12(17(22-23(11)2)18(24-3)8-4-9-18)7-10-25-16-13(19)5-6-14(20)15(16)21/h5-6H,4,7-10H2,1-3H3. The van der Waals surface area contributed by atoms with Crippen LogP contribution in [-0.2, 0) is 23.8 Å². The molecule has 0 spiro atoms. The number of hydrogen-bond acceptors (Lipinski definition) is 3. The van der Waals surface area contributed by atoms with Crippen LogP contribution < -0.4 is 4.74 Å². The number of hydrogen-bond donors (Lipinski definition) is 0. The second-order valence-electron chi connectivity index (χ2n) is 6.36. The second kappa shape index (κ2) is 7.03. The minimum Gasteiger partial charge on any atom is -0.489 e. The van der Waals surface area contributed by atoms with Crippen LogP contribution in [-0.4, -0.2) is 23.5 Å². The summed E-state index contributed by atoms with van der Waals surface area (Å²) in [6.45, 7) is 2.21. The molecule has 4 nitrogen and oxygen atoms in total. The largest absolute Gasteiger partial charge is 0.489 e. The summed E-state index contributed by atoms with van der Waals surface area (Å²) in [4.78, 5) is 0. The van der Waals surface area contributed by atoms with Gasteiger partial charge in [0.25, 0.3) is 0 Å². The van der Waals surface area contributed by atoms with Crippen molar-refractivity contribution in [2.24, 2.45) is 7.05 Å². The molecule has 1 aromatic carbocycles. The first-order valence-corrected chi connectivity index (χ1v) is 9.03. The van der Waals surface area contributed by atoms with Gasteiger partial charge in [0.1, 0.15) is 5.60 Å². The first kappa shape index (κ1) is 18.3. The molecule has 2 aromatic rings. The van der Waals surface area contributed by atoms with E-state index in [1.807, 2.05) is 18.7 Å². The zero-order valence-electron chi connectivity index (χ0n) is 14.5. The maximum atomic E-state index is 13.9. The SMILES string of the molecule is COC1(c2nn(C)c(C)c2CCOc2c(Br)ccc(F)c2F)CCC1. The van der Waals surface area contributed by atoms with Gasteiger partial charge in [-0.05, 0) is 54.2 Å². The van der Waals surface area contributed by atoms with Crippen LogP contribution in [0.3, 0.4) is 0 Å². The van der Waals surface area contributed by atoms with E-state index in [1.165, 1.54) is 6.07 Å². The smallest absolute Gasteiger partial charge is 0.201 e. The number of aryl methyl sites for hydroxylation is 1. The van der Waals surface area contributed by atoms with Crippen molar-refractivity contribution in [3.63, 3.8) is 0 Å². The predicted molar refractivity (Wildman–Crippen MR) is 93.7 cm³/mol. The maximum absolute atomic E-state index is 13.9. The predicted octanol–water partition coefficient (Wildman–Crippen LogP) is 4.42. The Morgan fingerprint density at radius 2 is 2.04 bits per heavy atom. The van der Waals surface area contributed by atoms with E-state index >= 15 is 0 Å². The Kier molecular flexibility index (Phi) is 5.16. The van der Waals surface area contributed by atoms with Gasteiger partial charge in [0.15, 0.2) is 11.6 Å². The van der Waals surface area contributed by atoms with Gasteiger partial charge in [-0.3, -0.25) is 4.68 Å². The van der Waals surface area contributed by atoms with Crippen LogP contribution in [0.15, 0.2) is 16.6 Å². The summed E-state index contributed by atoms with van der Waals surface area (Å²) in [6.07, 6.45) is 3.54. The van der Waals surface area contributed by atoms with Crippen LogP contribution in [0.2, 0.25) is 0 Å². The van der Waals surface area contributed by atoms with E-state index in [-0.39, 0.29) is 18.0 Å². The zero-order chi connectivity index (χ0) is 18.2. The molecule has 1 aromatic heterocycles. The van der Waals surface area contributed by atoms with Crippen LogP contribution >= 0.6 is 15.9 Å². The lowest BCUT2D eigenvalue weighted by atomic mass is 9.76. The minimum atomic E-state index is -0.982. The fourth-order valence-corrected chi connectivity index (χ4v) is 3.67. The molecule has 1 aliphatic carbocycles. The summed E-state index contributed by atoms with van der Waals surface area (Å²) in [5.41, 5.74) is 2.69. The number of rotatable bonds is 6. The van der Waals surface area contributed by atoms with Crippen molar-refractivity contribution in [1.82, 2.24) is 9.78 Å². The van der Waals surface area contributed by atoms with E-state index in [2.05, 4.69) is 21.0 Å². The Bertz CT molecular complexity index is 782. The van der Waals surface area contributed by atoms with E-state index < -0.39 is 11.6 Å². The van der Waals surface area contributed by atoms with E-state index in [0.717, 1.165) is 42.3 Å². The average Bonchev–Trinajstić information content (AvgIpc) is 2.82. The Morgan fingerprint density at radius 3 is 2.64 bits per heavy atom. The highest BCUT2D eigenvalue weighted by Gasteiger charge is 2.43. The number of aromatic nitrogens is 2. The maximum Gasteiger partial charge on any atom is 0.201 e. The summed E-state index contributed by atoms with van der Waals surface area (Å²) in [5.74, 6) is -2.01. The molecule has 0 bridgehead atoms. The molecule has 0 amide bonds. The highest BCUT2D eigenvalue weighted by Crippen LogP contribution is 2.45. The van der Waals surface area contributed by atoms with Crippen LogP contribution in [0, 0.1) is 18.6 Å². The van der Waals surface area contributed by atoms with Crippen molar-refractivity contribution < 1.29 is 18.3 Å². The van der Waals surface area contributed by atoms with Gasteiger partial charge in [-0.2, -0.15) is 9.49 Å². The third-order valence-corrected chi connectivity index (χ3v) is 5.67. The highest BCUT2D eigenvalue weighted by molar-refractivity contribution is 9.10. The molecule has 0 atom stereocenters. The van der Waals surface area contributed by atoms with Crippen LogP contribution in [0.1, 0.15) is 36.2 Å². The summed E-state index contributed by atoms with van der Waals surface area (Å²) in [5, 5.41) is 4.64. The molecule has 0 N–H and O–H groups in total. The third-order valence-electron chi connectivity index (χ3n) is 5.04. The molecule has 1 aliphatic rings. The molecule has 0 aliphatic heterocycles. The van der Waals surface area contributed by atoms with Crippen molar-refractivity contribution in [2.75, 3.05) is 13.7 Å². The quantitative estimate of drug-likeness (QED) is 0.656. The van der Waals surface area contributed by atoms with E-state index in [1.54, 1.807) is 7.11 Å². The summed E-state index contributed by atoms with van der Waals surface area (Å²) >= 11 is 3.20. The molecule has 136 valence electrons. The third kappa shape index (κ3) is 3.19. The summed E-state index contributed by atoms with van der Waals surface area (Å²) in [7, 11) is 3.61. The molecule has 25 heavy (non-hydrogen) atoms. The molecule has 0 radical (unpaired) electrons. The Hall–Kier alpha value is -1.47. The monoisotopic (exact) mass is 414 g/mol. The lowest BCUT2D eigenvalue weighted by Crippen LogP contribution is -2.37. The average molecular weight is 415 g/mol. The number of benzene rings is 1. The van der Waals surface area contributed by atoms with Crippen LogP contribution in [0.25, 0.3) is 0 Å². The number of methoxy groups -OCH3 is 1. The van der Waals surface area contributed by atoms with Gasteiger partial charge in [0.2, 0.25) is 5.82 Å². The lowest BCUT2D eigenvalue weighted by Gasteiger charge is -2.39. The first-order valence-electron chi connectivity index (χ1n) is 8.24. The Balaban J connectivity index is 1.80. The lowest BCUT2D eigenvalue weighted by molar-refractivity contribution is -0.0820. The van der Waals surface area contributed by atoms with Gasteiger partial charge in [-0.1, -0.05) is 0 Å². The van der Waals surface area contributed by atoms with E-state index in [9.17, 15) is 8.78 Å². The van der Waals surface area contributed by atoms with Gasteiger partial charge in [0, 0.05) is 31.8 Å². The number of ether oxygens (including phenoxy) is 2.